The lowest BCUT2D eigenvalue weighted by atomic mass is 9.98. The van der Waals surface area contributed by atoms with Gasteiger partial charge < -0.3 is 5.11 Å². The average Bonchev–Trinajstić information content (AvgIpc) is 3.05. The molecule has 1 N–H and O–H groups in total. The molecule has 0 unspecified atom stereocenters. The van der Waals surface area contributed by atoms with E-state index in [1.165, 1.54) is 26.6 Å². The van der Waals surface area contributed by atoms with E-state index in [2.05, 4.69) is 66.7 Å². The molecule has 1 heterocycles. The van der Waals surface area contributed by atoms with Crippen molar-refractivity contribution in [2.45, 2.75) is 0 Å². The zero-order chi connectivity index (χ0) is 17.5. The summed E-state index contributed by atoms with van der Waals surface area (Å²) in [6.07, 6.45) is 0. The van der Waals surface area contributed by atoms with E-state index in [0.717, 1.165) is 15.8 Å². The zero-order valence-electron chi connectivity index (χ0n) is 14.0. The summed E-state index contributed by atoms with van der Waals surface area (Å²) in [5, 5.41) is 13.0. The summed E-state index contributed by atoms with van der Waals surface area (Å²) < 4.78 is 2.37. The second-order valence-corrected chi connectivity index (χ2v) is 7.49. The van der Waals surface area contributed by atoms with E-state index in [0.29, 0.717) is 5.75 Å². The zero-order valence-corrected chi connectivity index (χ0v) is 14.8. The number of rotatable bonds is 2. The van der Waals surface area contributed by atoms with Gasteiger partial charge >= 0.3 is 0 Å². The molecule has 0 fully saturated rings. The molecular weight excluding hydrogens is 336 g/mol. The molecule has 0 bridgehead atoms. The van der Waals surface area contributed by atoms with E-state index in [1.807, 2.05) is 24.3 Å². The minimum Gasteiger partial charge on any atom is -0.507 e. The van der Waals surface area contributed by atoms with Crippen molar-refractivity contribution in [2.75, 3.05) is 0 Å². The fraction of sp³-hybridized carbons (Fsp3) is 0. The number of hydrogen-bond donors (Lipinski definition) is 1. The number of aromatic hydroxyl groups is 1. The molecule has 26 heavy (non-hydrogen) atoms. The Hall–Kier alpha value is -3.10. The SMILES string of the molecule is Oc1cc2sc3ccccc3c2cc1-c1ccc(-c2ccccc2)cc1. The molecule has 1 nitrogen and oxygen atoms in total. The first-order chi connectivity index (χ1) is 12.8. The van der Waals surface area contributed by atoms with Crippen LogP contribution in [0.3, 0.4) is 0 Å². The minimum absolute atomic E-state index is 0.330. The van der Waals surface area contributed by atoms with E-state index in [4.69, 9.17) is 0 Å². The largest absolute Gasteiger partial charge is 0.507 e. The number of fused-ring (bicyclic) bond motifs is 3. The number of phenolic OH excluding ortho intramolecular Hbond substituents is 1. The molecule has 0 spiro atoms. The maximum absolute atomic E-state index is 10.6. The van der Waals surface area contributed by atoms with Crippen LogP contribution in [0.15, 0.2) is 91.0 Å². The third kappa shape index (κ3) is 2.47. The standard InChI is InChI=1S/C24H16OS/c25-22-15-24-21(19-8-4-5-9-23(19)26-24)14-20(22)18-12-10-17(11-13-18)16-6-2-1-3-7-16/h1-15,25H. The van der Waals surface area contributed by atoms with Crippen molar-refractivity contribution in [1.82, 2.24) is 0 Å². The first-order valence-electron chi connectivity index (χ1n) is 8.60. The molecule has 0 saturated heterocycles. The molecule has 5 aromatic rings. The van der Waals surface area contributed by atoms with Crippen LogP contribution in [0.25, 0.3) is 42.4 Å². The lowest BCUT2D eigenvalue weighted by molar-refractivity contribution is 0.478. The lowest BCUT2D eigenvalue weighted by Gasteiger charge is -2.08. The van der Waals surface area contributed by atoms with E-state index in [9.17, 15) is 5.11 Å². The summed E-state index contributed by atoms with van der Waals surface area (Å²) in [7, 11) is 0. The summed E-state index contributed by atoms with van der Waals surface area (Å²) in [6.45, 7) is 0. The second-order valence-electron chi connectivity index (χ2n) is 6.41. The highest BCUT2D eigenvalue weighted by molar-refractivity contribution is 7.25. The smallest absolute Gasteiger partial charge is 0.124 e. The van der Waals surface area contributed by atoms with E-state index < -0.39 is 0 Å². The molecule has 2 heteroatoms. The molecule has 0 amide bonds. The summed E-state index contributed by atoms with van der Waals surface area (Å²) >= 11 is 1.72. The molecular formula is C24H16OS. The van der Waals surface area contributed by atoms with E-state index in [-0.39, 0.29) is 0 Å². The Balaban J connectivity index is 1.64. The molecule has 0 aliphatic rings. The Kier molecular flexibility index (Phi) is 3.51. The molecule has 1 aromatic heterocycles. The first kappa shape index (κ1) is 15.2. The van der Waals surface area contributed by atoms with Crippen LogP contribution in [0.4, 0.5) is 0 Å². The van der Waals surface area contributed by atoms with Crippen molar-refractivity contribution >= 4 is 31.5 Å². The van der Waals surface area contributed by atoms with Crippen LogP contribution >= 0.6 is 11.3 Å². The third-order valence-electron chi connectivity index (χ3n) is 4.80. The molecule has 0 aliphatic heterocycles. The van der Waals surface area contributed by atoms with Crippen LogP contribution < -0.4 is 0 Å². The summed E-state index contributed by atoms with van der Waals surface area (Å²) in [5.74, 6) is 0.330. The summed E-state index contributed by atoms with van der Waals surface area (Å²) in [5.41, 5.74) is 4.28. The quantitative estimate of drug-likeness (QED) is 0.359. The topological polar surface area (TPSA) is 20.2 Å². The molecule has 124 valence electrons. The van der Waals surface area contributed by atoms with Gasteiger partial charge in [-0.25, -0.2) is 0 Å². The van der Waals surface area contributed by atoms with Gasteiger partial charge in [-0.2, -0.15) is 0 Å². The minimum atomic E-state index is 0.330. The van der Waals surface area contributed by atoms with E-state index in [1.54, 1.807) is 11.3 Å². The number of thiophene rings is 1. The lowest BCUT2D eigenvalue weighted by Crippen LogP contribution is -1.81. The molecule has 4 aromatic carbocycles. The maximum Gasteiger partial charge on any atom is 0.124 e. The molecule has 0 radical (unpaired) electrons. The van der Waals surface area contributed by atoms with Crippen molar-refractivity contribution in [3.05, 3.63) is 91.0 Å². The summed E-state index contributed by atoms with van der Waals surface area (Å²) in [6, 6.07) is 31.1. The Morgan fingerprint density at radius 1 is 0.538 bits per heavy atom. The maximum atomic E-state index is 10.6. The third-order valence-corrected chi connectivity index (χ3v) is 5.93. The van der Waals surface area contributed by atoms with E-state index >= 15 is 0 Å². The predicted octanol–water partition coefficient (Wildman–Crippen LogP) is 7.09. The summed E-state index contributed by atoms with van der Waals surface area (Å²) in [4.78, 5) is 0. The number of benzene rings is 4. The molecule has 0 atom stereocenters. The Morgan fingerprint density at radius 3 is 2.00 bits per heavy atom. The molecule has 0 aliphatic carbocycles. The van der Waals surface area contributed by atoms with Crippen LogP contribution in [0.2, 0.25) is 0 Å². The highest BCUT2D eigenvalue weighted by Crippen LogP contribution is 2.40. The fourth-order valence-electron chi connectivity index (χ4n) is 3.46. The van der Waals surface area contributed by atoms with Crippen LogP contribution in [0.5, 0.6) is 5.75 Å². The highest BCUT2D eigenvalue weighted by atomic mass is 32.1. The van der Waals surface area contributed by atoms with Gasteiger partial charge in [0, 0.05) is 25.7 Å². The van der Waals surface area contributed by atoms with Gasteiger partial charge in [0.2, 0.25) is 0 Å². The van der Waals surface area contributed by atoms with Gasteiger partial charge in [0.05, 0.1) is 0 Å². The highest BCUT2D eigenvalue weighted by Gasteiger charge is 2.11. The van der Waals surface area contributed by atoms with Crippen LogP contribution in [0, 0.1) is 0 Å². The number of phenols is 1. The average molecular weight is 352 g/mol. The van der Waals surface area contributed by atoms with Crippen molar-refractivity contribution in [2.24, 2.45) is 0 Å². The first-order valence-corrected chi connectivity index (χ1v) is 9.41. The van der Waals surface area contributed by atoms with Crippen molar-refractivity contribution < 1.29 is 5.11 Å². The van der Waals surface area contributed by atoms with Gasteiger partial charge in [-0.15, -0.1) is 11.3 Å². The normalized spacial score (nSPS) is 11.2. The van der Waals surface area contributed by atoms with Gasteiger partial charge in [-0.1, -0.05) is 72.8 Å². The van der Waals surface area contributed by atoms with Crippen molar-refractivity contribution in [1.29, 1.82) is 0 Å². The van der Waals surface area contributed by atoms with Crippen LogP contribution in [0.1, 0.15) is 0 Å². The Bertz CT molecular complexity index is 1220. The Morgan fingerprint density at radius 2 is 1.19 bits per heavy atom. The Labute approximate surface area is 155 Å². The van der Waals surface area contributed by atoms with Gasteiger partial charge in [0.1, 0.15) is 5.75 Å². The van der Waals surface area contributed by atoms with Crippen LogP contribution in [-0.4, -0.2) is 5.11 Å². The van der Waals surface area contributed by atoms with Gasteiger partial charge in [-0.3, -0.25) is 0 Å². The van der Waals surface area contributed by atoms with Crippen LogP contribution in [-0.2, 0) is 0 Å². The fourth-order valence-corrected chi connectivity index (χ4v) is 4.59. The van der Waals surface area contributed by atoms with Crippen molar-refractivity contribution in [3.63, 3.8) is 0 Å². The second kappa shape index (κ2) is 6.01. The van der Waals surface area contributed by atoms with Gasteiger partial charge in [0.15, 0.2) is 0 Å². The van der Waals surface area contributed by atoms with Gasteiger partial charge in [0.25, 0.3) is 0 Å². The van der Waals surface area contributed by atoms with Crippen molar-refractivity contribution in [3.8, 4) is 28.0 Å². The number of hydrogen-bond acceptors (Lipinski definition) is 2. The molecule has 5 rings (SSSR count). The van der Waals surface area contributed by atoms with Gasteiger partial charge in [-0.05, 0) is 34.9 Å². The monoisotopic (exact) mass is 352 g/mol. The predicted molar refractivity (Wildman–Crippen MR) is 112 cm³/mol. The molecule has 0 saturated carbocycles.